The van der Waals surface area contributed by atoms with Crippen molar-refractivity contribution < 1.29 is 0 Å². The van der Waals surface area contributed by atoms with Crippen LogP contribution < -0.4 is 0 Å². The van der Waals surface area contributed by atoms with Crippen LogP contribution in [0.3, 0.4) is 0 Å². The SMILES string of the molecule is CCc1nsc(C(C)(C)C)c1CC. The Kier molecular flexibility index (Phi) is 3.12. The Morgan fingerprint density at radius 2 is 1.77 bits per heavy atom. The molecule has 0 aliphatic carbocycles. The maximum absolute atomic E-state index is 4.51. The van der Waals surface area contributed by atoms with Crippen LogP contribution in [0.15, 0.2) is 0 Å². The van der Waals surface area contributed by atoms with E-state index in [2.05, 4.69) is 39.0 Å². The fraction of sp³-hybridized carbons (Fsp3) is 0.727. The van der Waals surface area contributed by atoms with Crippen LogP contribution in [0.25, 0.3) is 0 Å². The zero-order valence-electron chi connectivity index (χ0n) is 9.27. The van der Waals surface area contributed by atoms with Crippen molar-refractivity contribution in [3.05, 3.63) is 16.1 Å². The Morgan fingerprint density at radius 3 is 2.15 bits per heavy atom. The lowest BCUT2D eigenvalue weighted by Crippen LogP contribution is -2.11. The average molecular weight is 197 g/mol. The zero-order valence-corrected chi connectivity index (χ0v) is 10.1. The van der Waals surface area contributed by atoms with Crippen molar-refractivity contribution in [3.8, 4) is 0 Å². The van der Waals surface area contributed by atoms with Crippen LogP contribution in [0.2, 0.25) is 0 Å². The van der Waals surface area contributed by atoms with Crippen LogP contribution >= 0.6 is 11.5 Å². The van der Waals surface area contributed by atoms with Gasteiger partial charge in [-0.05, 0) is 35.4 Å². The van der Waals surface area contributed by atoms with Crippen molar-refractivity contribution in [2.75, 3.05) is 0 Å². The minimum Gasteiger partial charge on any atom is -0.197 e. The molecule has 0 bridgehead atoms. The summed E-state index contributed by atoms with van der Waals surface area (Å²) >= 11 is 1.68. The number of rotatable bonds is 2. The molecule has 0 spiro atoms. The summed E-state index contributed by atoms with van der Waals surface area (Å²) in [7, 11) is 0. The van der Waals surface area contributed by atoms with E-state index in [4.69, 9.17) is 0 Å². The maximum Gasteiger partial charge on any atom is 0.0574 e. The smallest absolute Gasteiger partial charge is 0.0574 e. The Balaban J connectivity index is 3.16. The van der Waals surface area contributed by atoms with Gasteiger partial charge in [-0.15, -0.1) is 0 Å². The van der Waals surface area contributed by atoms with E-state index in [0.29, 0.717) is 0 Å². The molecule has 0 saturated carbocycles. The van der Waals surface area contributed by atoms with Crippen molar-refractivity contribution in [1.29, 1.82) is 0 Å². The lowest BCUT2D eigenvalue weighted by molar-refractivity contribution is 0.597. The second-order valence-corrected chi connectivity index (χ2v) is 5.17. The highest BCUT2D eigenvalue weighted by atomic mass is 32.1. The third kappa shape index (κ3) is 2.11. The molecule has 0 aliphatic heterocycles. The molecule has 1 aromatic heterocycles. The first kappa shape index (κ1) is 10.7. The van der Waals surface area contributed by atoms with Gasteiger partial charge in [-0.1, -0.05) is 34.6 Å². The predicted molar refractivity (Wildman–Crippen MR) is 59.6 cm³/mol. The fourth-order valence-electron chi connectivity index (χ4n) is 1.57. The van der Waals surface area contributed by atoms with Gasteiger partial charge in [-0.3, -0.25) is 0 Å². The molecule has 0 saturated heterocycles. The van der Waals surface area contributed by atoms with E-state index in [1.807, 2.05) is 0 Å². The van der Waals surface area contributed by atoms with Crippen LogP contribution in [0.1, 0.15) is 50.8 Å². The standard InChI is InChI=1S/C11H19NS/c1-6-8-9(7-2)12-13-10(8)11(3,4)5/h6-7H2,1-5H3. The first-order valence-corrected chi connectivity index (χ1v) is 5.76. The molecule has 0 amide bonds. The predicted octanol–water partition coefficient (Wildman–Crippen LogP) is 3.57. The fourth-order valence-corrected chi connectivity index (χ4v) is 2.66. The van der Waals surface area contributed by atoms with Gasteiger partial charge in [0.1, 0.15) is 0 Å². The van der Waals surface area contributed by atoms with Crippen LogP contribution in [0, 0.1) is 0 Å². The largest absolute Gasteiger partial charge is 0.197 e. The van der Waals surface area contributed by atoms with Gasteiger partial charge in [0.15, 0.2) is 0 Å². The molecule has 0 aliphatic rings. The molecule has 74 valence electrons. The Bertz CT molecular complexity index is 281. The van der Waals surface area contributed by atoms with E-state index in [9.17, 15) is 0 Å². The topological polar surface area (TPSA) is 12.9 Å². The van der Waals surface area contributed by atoms with E-state index in [1.165, 1.54) is 16.1 Å². The van der Waals surface area contributed by atoms with Gasteiger partial charge in [0.25, 0.3) is 0 Å². The quantitative estimate of drug-likeness (QED) is 0.706. The zero-order chi connectivity index (χ0) is 10.1. The second kappa shape index (κ2) is 3.79. The van der Waals surface area contributed by atoms with Gasteiger partial charge < -0.3 is 0 Å². The van der Waals surface area contributed by atoms with E-state index < -0.39 is 0 Å². The summed E-state index contributed by atoms with van der Waals surface area (Å²) in [6.45, 7) is 11.2. The second-order valence-electron chi connectivity index (χ2n) is 4.39. The molecule has 1 aromatic rings. The molecule has 0 N–H and O–H groups in total. The Labute approximate surface area is 85.4 Å². The highest BCUT2D eigenvalue weighted by Gasteiger charge is 2.22. The van der Waals surface area contributed by atoms with E-state index >= 15 is 0 Å². The molecule has 1 rings (SSSR count). The minimum atomic E-state index is 0.260. The molecule has 13 heavy (non-hydrogen) atoms. The summed E-state index contributed by atoms with van der Waals surface area (Å²) in [5, 5.41) is 0. The summed E-state index contributed by atoms with van der Waals surface area (Å²) in [5.41, 5.74) is 3.05. The summed E-state index contributed by atoms with van der Waals surface area (Å²) in [6.07, 6.45) is 2.18. The monoisotopic (exact) mass is 197 g/mol. The number of hydrogen-bond acceptors (Lipinski definition) is 2. The first-order valence-electron chi connectivity index (χ1n) is 4.98. The van der Waals surface area contributed by atoms with Gasteiger partial charge in [0, 0.05) is 4.88 Å². The van der Waals surface area contributed by atoms with Gasteiger partial charge in [0.05, 0.1) is 5.69 Å². The lowest BCUT2D eigenvalue weighted by atomic mass is 9.90. The van der Waals surface area contributed by atoms with Crippen molar-refractivity contribution in [3.63, 3.8) is 0 Å². The summed E-state index contributed by atoms with van der Waals surface area (Å²) < 4.78 is 4.51. The van der Waals surface area contributed by atoms with Gasteiger partial charge >= 0.3 is 0 Å². The lowest BCUT2D eigenvalue weighted by Gasteiger charge is -2.17. The van der Waals surface area contributed by atoms with Gasteiger partial charge in [0.2, 0.25) is 0 Å². The molecule has 0 unspecified atom stereocenters. The van der Waals surface area contributed by atoms with Gasteiger partial charge in [-0.25, -0.2) is 0 Å². The number of aromatic nitrogens is 1. The van der Waals surface area contributed by atoms with Crippen molar-refractivity contribution in [1.82, 2.24) is 4.37 Å². The number of aryl methyl sites for hydroxylation is 1. The van der Waals surface area contributed by atoms with E-state index in [0.717, 1.165) is 12.8 Å². The molecule has 0 aromatic carbocycles. The summed E-state index contributed by atoms with van der Waals surface area (Å²) in [5.74, 6) is 0. The van der Waals surface area contributed by atoms with Crippen LogP contribution in [0.4, 0.5) is 0 Å². The maximum atomic E-state index is 4.51. The van der Waals surface area contributed by atoms with Gasteiger partial charge in [-0.2, -0.15) is 4.37 Å². The van der Waals surface area contributed by atoms with E-state index in [1.54, 1.807) is 11.5 Å². The highest BCUT2D eigenvalue weighted by Crippen LogP contribution is 2.32. The van der Waals surface area contributed by atoms with Crippen molar-refractivity contribution in [2.24, 2.45) is 0 Å². The van der Waals surface area contributed by atoms with Crippen molar-refractivity contribution in [2.45, 2.75) is 52.9 Å². The number of hydrogen-bond donors (Lipinski definition) is 0. The Morgan fingerprint density at radius 1 is 1.15 bits per heavy atom. The Hall–Kier alpha value is -0.370. The number of nitrogens with zero attached hydrogens (tertiary/aromatic N) is 1. The molecule has 2 heteroatoms. The molecule has 1 nitrogen and oxygen atoms in total. The van der Waals surface area contributed by atoms with Crippen LogP contribution in [-0.4, -0.2) is 4.37 Å². The molecule has 0 radical (unpaired) electrons. The third-order valence-electron chi connectivity index (χ3n) is 2.24. The first-order chi connectivity index (χ1) is 6.00. The third-order valence-corrected chi connectivity index (χ3v) is 3.59. The van der Waals surface area contributed by atoms with Crippen LogP contribution in [-0.2, 0) is 18.3 Å². The normalized spacial score (nSPS) is 12.1. The molecule has 0 fully saturated rings. The minimum absolute atomic E-state index is 0.260. The molecular formula is C11H19NS. The van der Waals surface area contributed by atoms with E-state index in [-0.39, 0.29) is 5.41 Å². The molecule has 0 atom stereocenters. The summed E-state index contributed by atoms with van der Waals surface area (Å²) in [6, 6.07) is 0. The highest BCUT2D eigenvalue weighted by molar-refractivity contribution is 7.06. The van der Waals surface area contributed by atoms with Crippen LogP contribution in [0.5, 0.6) is 0 Å². The molecule has 1 heterocycles. The average Bonchev–Trinajstić information content (AvgIpc) is 2.45. The van der Waals surface area contributed by atoms with Crippen molar-refractivity contribution >= 4 is 11.5 Å². The molecular weight excluding hydrogens is 178 g/mol. The summed E-state index contributed by atoms with van der Waals surface area (Å²) in [4.78, 5) is 1.46.